The van der Waals surface area contributed by atoms with Crippen LogP contribution in [0.2, 0.25) is 10.0 Å². The molecule has 35 heavy (non-hydrogen) atoms. The van der Waals surface area contributed by atoms with E-state index < -0.39 is 23.8 Å². The Morgan fingerprint density at radius 2 is 1.83 bits per heavy atom. The molecule has 0 saturated carbocycles. The number of hydrogen-bond donors (Lipinski definition) is 2. The minimum Gasteiger partial charge on any atom is -0.486 e. The van der Waals surface area contributed by atoms with Gasteiger partial charge in [-0.3, -0.25) is 4.79 Å². The molecule has 2 aromatic carbocycles. The highest BCUT2D eigenvalue weighted by atomic mass is 35.5. The third kappa shape index (κ3) is 4.39. The lowest BCUT2D eigenvalue weighted by molar-refractivity contribution is -0.141. The van der Waals surface area contributed by atoms with Crippen LogP contribution in [0.25, 0.3) is 0 Å². The molecule has 3 heterocycles. The Balaban J connectivity index is 1.56. The molecule has 0 fully saturated rings. The van der Waals surface area contributed by atoms with E-state index in [-0.39, 0.29) is 21.4 Å². The number of carbonyl (C=O) groups is 1. The van der Waals surface area contributed by atoms with Gasteiger partial charge < -0.3 is 20.1 Å². The molecule has 1 amide bonds. The summed E-state index contributed by atoms with van der Waals surface area (Å²) in [5, 5.41) is 9.88. The van der Waals surface area contributed by atoms with E-state index in [0.29, 0.717) is 41.7 Å². The van der Waals surface area contributed by atoms with Crippen molar-refractivity contribution in [2.24, 2.45) is 0 Å². The van der Waals surface area contributed by atoms with Gasteiger partial charge in [0.1, 0.15) is 25.1 Å². The number of amides is 1. The van der Waals surface area contributed by atoms with Gasteiger partial charge in [-0.05, 0) is 36.8 Å². The predicted molar refractivity (Wildman–Crippen MR) is 124 cm³/mol. The van der Waals surface area contributed by atoms with Crippen molar-refractivity contribution in [1.82, 2.24) is 9.78 Å². The van der Waals surface area contributed by atoms with Crippen LogP contribution >= 0.6 is 23.2 Å². The number of halogens is 5. The first-order valence-electron chi connectivity index (χ1n) is 10.4. The number of nitrogens with one attached hydrogen (secondary N) is 2. The fourth-order valence-electron chi connectivity index (χ4n) is 4.01. The Bertz CT molecular complexity index is 1370. The molecule has 0 spiro atoms. The summed E-state index contributed by atoms with van der Waals surface area (Å²) in [5.74, 6) is 0.574. The van der Waals surface area contributed by atoms with Crippen LogP contribution in [0.5, 0.6) is 11.5 Å². The van der Waals surface area contributed by atoms with E-state index in [2.05, 4.69) is 15.7 Å². The molecule has 1 unspecified atom stereocenters. The summed E-state index contributed by atoms with van der Waals surface area (Å²) in [6, 6.07) is 9.43. The van der Waals surface area contributed by atoms with Gasteiger partial charge in [-0.2, -0.15) is 18.3 Å². The van der Waals surface area contributed by atoms with Gasteiger partial charge >= 0.3 is 6.18 Å². The topological polar surface area (TPSA) is 77.4 Å². The maximum absolute atomic E-state index is 13.5. The highest BCUT2D eigenvalue weighted by molar-refractivity contribution is 6.42. The number of ether oxygens (including phenoxy) is 2. The number of hydrogen-bond acceptors (Lipinski definition) is 5. The van der Waals surface area contributed by atoms with Crippen LogP contribution in [0, 0.1) is 0 Å². The monoisotopic (exact) mass is 524 g/mol. The summed E-state index contributed by atoms with van der Waals surface area (Å²) in [4.78, 5) is 13.5. The first kappa shape index (κ1) is 23.4. The summed E-state index contributed by atoms with van der Waals surface area (Å²) < 4.78 is 52.5. The molecular formula is C23H17Cl2F3N4O3. The minimum absolute atomic E-state index is 0.0850. The van der Waals surface area contributed by atoms with Crippen LogP contribution in [-0.4, -0.2) is 28.9 Å². The fraction of sp³-hybridized carbons (Fsp3) is 0.217. The van der Waals surface area contributed by atoms with Crippen LogP contribution in [0.1, 0.15) is 24.2 Å². The summed E-state index contributed by atoms with van der Waals surface area (Å²) >= 11 is 12.2. The third-order valence-electron chi connectivity index (χ3n) is 5.57. The lowest BCUT2D eigenvalue weighted by Gasteiger charge is -2.30. The molecule has 182 valence electrons. The summed E-state index contributed by atoms with van der Waals surface area (Å²) in [6.45, 7) is 2.41. The van der Waals surface area contributed by atoms with Crippen molar-refractivity contribution in [3.8, 4) is 11.5 Å². The van der Waals surface area contributed by atoms with Crippen molar-refractivity contribution in [1.29, 1.82) is 0 Å². The van der Waals surface area contributed by atoms with E-state index >= 15 is 0 Å². The average molecular weight is 525 g/mol. The molecular weight excluding hydrogens is 508 g/mol. The fourth-order valence-corrected chi connectivity index (χ4v) is 4.32. The van der Waals surface area contributed by atoms with Crippen molar-refractivity contribution < 1.29 is 27.4 Å². The SMILES string of the molecule is CC1=C(C(=O)Nc2ccc3c(c2)OCCO3)C(c2ccc(Cl)c(Cl)c2)n2nc(C(F)(F)F)cc2N1. The van der Waals surface area contributed by atoms with Crippen LogP contribution in [0.15, 0.2) is 53.7 Å². The number of benzene rings is 2. The van der Waals surface area contributed by atoms with Crippen molar-refractivity contribution in [2.45, 2.75) is 19.1 Å². The Hall–Kier alpha value is -3.37. The van der Waals surface area contributed by atoms with Crippen LogP contribution in [-0.2, 0) is 11.0 Å². The van der Waals surface area contributed by atoms with Crippen molar-refractivity contribution in [3.63, 3.8) is 0 Å². The number of nitrogens with zero attached hydrogens (tertiary/aromatic N) is 2. The number of fused-ring (bicyclic) bond motifs is 2. The van der Waals surface area contributed by atoms with Gasteiger partial charge in [0.2, 0.25) is 0 Å². The van der Waals surface area contributed by atoms with Gasteiger partial charge in [0.25, 0.3) is 5.91 Å². The van der Waals surface area contributed by atoms with Gasteiger partial charge in [0.15, 0.2) is 17.2 Å². The minimum atomic E-state index is -4.67. The molecule has 2 aliphatic heterocycles. The average Bonchev–Trinajstić information content (AvgIpc) is 3.24. The van der Waals surface area contributed by atoms with E-state index in [1.165, 1.54) is 12.1 Å². The molecule has 0 saturated heterocycles. The number of alkyl halides is 3. The van der Waals surface area contributed by atoms with Gasteiger partial charge in [0.05, 0.1) is 15.6 Å². The quantitative estimate of drug-likeness (QED) is 0.445. The second kappa shape index (κ2) is 8.69. The zero-order chi connectivity index (χ0) is 24.9. The zero-order valence-corrected chi connectivity index (χ0v) is 19.6. The van der Waals surface area contributed by atoms with Crippen LogP contribution in [0.4, 0.5) is 24.7 Å². The van der Waals surface area contributed by atoms with Crippen molar-refractivity contribution in [3.05, 3.63) is 75.0 Å². The molecule has 12 heteroatoms. The number of allylic oxidation sites excluding steroid dienone is 1. The molecule has 2 N–H and O–H groups in total. The highest BCUT2D eigenvalue weighted by Gasteiger charge is 2.39. The second-order valence-corrected chi connectivity index (χ2v) is 8.72. The standard InChI is InChI=1S/C23H17Cl2F3N4O3/c1-11-20(22(33)30-13-3-5-16-17(9-13)35-7-6-34-16)21(12-2-4-14(24)15(25)8-12)32-19(29-11)10-18(31-32)23(26,27)28/h2-5,8-10,21,29H,6-7H2,1H3,(H,30,33). The number of rotatable bonds is 3. The summed E-state index contributed by atoms with van der Waals surface area (Å²) in [7, 11) is 0. The van der Waals surface area contributed by atoms with Gasteiger partial charge in [-0.1, -0.05) is 29.3 Å². The van der Waals surface area contributed by atoms with Crippen molar-refractivity contribution in [2.75, 3.05) is 23.8 Å². The Labute approximate surface area is 207 Å². The third-order valence-corrected chi connectivity index (χ3v) is 6.31. The molecule has 5 rings (SSSR count). The maximum Gasteiger partial charge on any atom is 0.435 e. The lowest BCUT2D eigenvalue weighted by Crippen LogP contribution is -2.31. The predicted octanol–water partition coefficient (Wildman–Crippen LogP) is 5.91. The van der Waals surface area contributed by atoms with Crippen molar-refractivity contribution >= 4 is 40.6 Å². The molecule has 2 aliphatic rings. The summed E-state index contributed by atoms with van der Waals surface area (Å²) in [5.41, 5.74) is 0.284. The van der Waals surface area contributed by atoms with Gasteiger partial charge in [0, 0.05) is 23.5 Å². The van der Waals surface area contributed by atoms with Crippen LogP contribution < -0.4 is 20.1 Å². The maximum atomic E-state index is 13.5. The van der Waals surface area contributed by atoms with E-state index in [9.17, 15) is 18.0 Å². The molecule has 3 aromatic rings. The number of anilines is 2. The first-order chi connectivity index (χ1) is 16.6. The van der Waals surface area contributed by atoms with E-state index in [1.54, 1.807) is 31.2 Å². The Kier molecular flexibility index (Phi) is 5.80. The number of carbonyl (C=O) groups excluding carboxylic acids is 1. The van der Waals surface area contributed by atoms with E-state index in [0.717, 1.165) is 10.7 Å². The molecule has 7 nitrogen and oxygen atoms in total. The number of aromatic nitrogens is 2. The van der Waals surface area contributed by atoms with Gasteiger partial charge in [-0.25, -0.2) is 4.68 Å². The molecule has 0 bridgehead atoms. The normalized spacial score (nSPS) is 17.0. The second-order valence-electron chi connectivity index (χ2n) is 7.91. The largest absolute Gasteiger partial charge is 0.486 e. The highest BCUT2D eigenvalue weighted by Crippen LogP contribution is 2.41. The first-order valence-corrected chi connectivity index (χ1v) is 11.2. The zero-order valence-electron chi connectivity index (χ0n) is 18.0. The molecule has 1 atom stereocenters. The van der Waals surface area contributed by atoms with E-state index in [1.807, 2.05) is 0 Å². The molecule has 0 aliphatic carbocycles. The van der Waals surface area contributed by atoms with Crippen LogP contribution in [0.3, 0.4) is 0 Å². The lowest BCUT2D eigenvalue weighted by atomic mass is 9.94. The molecule has 0 radical (unpaired) electrons. The smallest absolute Gasteiger partial charge is 0.435 e. The van der Waals surface area contributed by atoms with E-state index in [4.69, 9.17) is 32.7 Å². The summed E-state index contributed by atoms with van der Waals surface area (Å²) in [6.07, 6.45) is -4.67. The Morgan fingerprint density at radius 1 is 1.09 bits per heavy atom. The molecule has 1 aromatic heterocycles. The van der Waals surface area contributed by atoms with Gasteiger partial charge in [-0.15, -0.1) is 0 Å². The Morgan fingerprint density at radius 3 is 2.54 bits per heavy atom.